The zero-order chi connectivity index (χ0) is 19.3. The summed E-state index contributed by atoms with van der Waals surface area (Å²) in [5, 5.41) is 6.76. The van der Waals surface area contributed by atoms with E-state index >= 15 is 0 Å². The summed E-state index contributed by atoms with van der Waals surface area (Å²) in [6.07, 6.45) is 9.28. The summed E-state index contributed by atoms with van der Waals surface area (Å²) >= 11 is 0. The molecule has 2 aromatic rings. The highest BCUT2D eigenvalue weighted by Gasteiger charge is 2.16. The van der Waals surface area contributed by atoms with Crippen LogP contribution in [0.2, 0.25) is 0 Å². The van der Waals surface area contributed by atoms with E-state index < -0.39 is 9.84 Å². The molecule has 0 bridgehead atoms. The summed E-state index contributed by atoms with van der Waals surface area (Å²) < 4.78 is 23.6. The lowest BCUT2D eigenvalue weighted by atomic mass is 9.87. The molecule has 1 saturated carbocycles. The third-order valence-corrected chi connectivity index (χ3v) is 6.08. The van der Waals surface area contributed by atoms with E-state index in [9.17, 15) is 13.2 Å². The van der Waals surface area contributed by atoms with E-state index in [0.29, 0.717) is 42.1 Å². The molecule has 27 heavy (non-hydrogen) atoms. The van der Waals surface area contributed by atoms with Crippen LogP contribution in [0.5, 0.6) is 0 Å². The molecule has 0 aliphatic heterocycles. The van der Waals surface area contributed by atoms with Crippen LogP contribution in [-0.4, -0.2) is 43.6 Å². The Kier molecular flexibility index (Phi) is 6.26. The van der Waals surface area contributed by atoms with Crippen LogP contribution in [0, 0.1) is 5.92 Å². The first-order valence-electron chi connectivity index (χ1n) is 9.39. The van der Waals surface area contributed by atoms with Crippen molar-refractivity contribution >= 4 is 32.5 Å². The number of hydrogen-bond donors (Lipinski definition) is 2. The van der Waals surface area contributed by atoms with E-state index in [1.165, 1.54) is 31.8 Å². The molecular weight excluding hydrogens is 364 g/mol. The molecule has 1 amide bonds. The number of rotatable bonds is 7. The molecule has 146 valence electrons. The summed E-state index contributed by atoms with van der Waals surface area (Å²) in [5.74, 6) is 1.18. The number of carbonyl (C=O) groups excluding carboxylic acids is 1. The fraction of sp³-hybridized carbons (Fsp3) is 0.526. The van der Waals surface area contributed by atoms with Gasteiger partial charge in [-0.3, -0.25) is 4.79 Å². The zero-order valence-corrected chi connectivity index (χ0v) is 16.4. The first kappa shape index (κ1) is 19.5. The molecule has 0 radical (unpaired) electrons. The fourth-order valence-corrected chi connectivity index (χ4v) is 4.16. The summed E-state index contributed by atoms with van der Waals surface area (Å²) in [6, 6.07) is 4.79. The van der Waals surface area contributed by atoms with E-state index in [2.05, 4.69) is 20.6 Å². The summed E-state index contributed by atoms with van der Waals surface area (Å²) in [6.45, 7) is 0.994. The van der Waals surface area contributed by atoms with Gasteiger partial charge in [0.1, 0.15) is 12.1 Å². The number of hydrogen-bond acceptors (Lipinski definition) is 6. The molecule has 3 rings (SSSR count). The highest BCUT2D eigenvalue weighted by Crippen LogP contribution is 2.26. The Morgan fingerprint density at radius 3 is 2.67 bits per heavy atom. The third-order valence-electron chi connectivity index (χ3n) is 4.97. The van der Waals surface area contributed by atoms with Gasteiger partial charge in [0.05, 0.1) is 10.4 Å². The number of benzene rings is 1. The number of nitrogens with one attached hydrogen (secondary N) is 2. The van der Waals surface area contributed by atoms with Gasteiger partial charge in [0, 0.05) is 31.2 Å². The van der Waals surface area contributed by atoms with Crippen LogP contribution in [0.1, 0.15) is 38.5 Å². The normalized spacial score (nSPS) is 15.6. The predicted molar refractivity (Wildman–Crippen MR) is 105 cm³/mol. The van der Waals surface area contributed by atoms with Crippen LogP contribution in [0.4, 0.5) is 5.82 Å². The smallest absolute Gasteiger partial charge is 0.220 e. The average Bonchev–Trinajstić information content (AvgIpc) is 2.65. The Morgan fingerprint density at radius 2 is 1.93 bits per heavy atom. The van der Waals surface area contributed by atoms with Crippen molar-refractivity contribution in [2.75, 3.05) is 24.7 Å². The number of fused-ring (bicyclic) bond motifs is 1. The van der Waals surface area contributed by atoms with Crippen molar-refractivity contribution in [1.29, 1.82) is 0 Å². The van der Waals surface area contributed by atoms with Crippen molar-refractivity contribution in [1.82, 2.24) is 15.3 Å². The van der Waals surface area contributed by atoms with Crippen molar-refractivity contribution in [3.05, 3.63) is 24.5 Å². The first-order chi connectivity index (χ1) is 12.9. The molecule has 1 aliphatic carbocycles. The molecule has 1 heterocycles. The van der Waals surface area contributed by atoms with Crippen LogP contribution in [0.25, 0.3) is 10.9 Å². The number of carbonyl (C=O) groups is 1. The van der Waals surface area contributed by atoms with E-state index in [4.69, 9.17) is 0 Å². The molecule has 0 atom stereocenters. The first-order valence-corrected chi connectivity index (χ1v) is 11.3. The summed E-state index contributed by atoms with van der Waals surface area (Å²) in [4.78, 5) is 20.7. The van der Waals surface area contributed by atoms with Gasteiger partial charge in [0.25, 0.3) is 0 Å². The maximum Gasteiger partial charge on any atom is 0.220 e. The number of sulfone groups is 1. The lowest BCUT2D eigenvalue weighted by molar-refractivity contribution is -0.122. The molecular formula is C19H26N4O3S. The average molecular weight is 391 g/mol. The molecule has 8 heteroatoms. The Labute approximate surface area is 159 Å². The maximum atomic E-state index is 12.1. The van der Waals surface area contributed by atoms with Crippen LogP contribution >= 0.6 is 0 Å². The van der Waals surface area contributed by atoms with Crippen molar-refractivity contribution in [3.63, 3.8) is 0 Å². The van der Waals surface area contributed by atoms with E-state index in [0.717, 1.165) is 12.8 Å². The molecule has 1 aliphatic rings. The second kappa shape index (κ2) is 8.65. The second-order valence-electron chi connectivity index (χ2n) is 7.16. The Hall–Kier alpha value is -2.22. The van der Waals surface area contributed by atoms with Gasteiger partial charge < -0.3 is 10.6 Å². The molecule has 1 aromatic heterocycles. The SMILES string of the molecule is CS(=O)(=O)c1ccc2ncnc(NCCNC(=O)CC3CCCCC3)c2c1. The lowest BCUT2D eigenvalue weighted by Crippen LogP contribution is -2.30. The maximum absolute atomic E-state index is 12.1. The minimum atomic E-state index is -3.30. The van der Waals surface area contributed by atoms with Gasteiger partial charge in [-0.1, -0.05) is 19.3 Å². The molecule has 1 fully saturated rings. The summed E-state index contributed by atoms with van der Waals surface area (Å²) in [7, 11) is -3.30. The zero-order valence-electron chi connectivity index (χ0n) is 15.6. The Bertz CT molecular complexity index is 908. The van der Waals surface area contributed by atoms with Crippen molar-refractivity contribution in [3.8, 4) is 0 Å². The van der Waals surface area contributed by atoms with Gasteiger partial charge in [0.2, 0.25) is 5.91 Å². The van der Waals surface area contributed by atoms with Crippen LogP contribution in [-0.2, 0) is 14.6 Å². The topological polar surface area (TPSA) is 101 Å². The summed E-state index contributed by atoms with van der Waals surface area (Å²) in [5.41, 5.74) is 0.668. The van der Waals surface area contributed by atoms with Gasteiger partial charge in [-0.15, -0.1) is 0 Å². The van der Waals surface area contributed by atoms with Gasteiger partial charge in [-0.25, -0.2) is 18.4 Å². The van der Waals surface area contributed by atoms with Gasteiger partial charge in [-0.05, 0) is 37.0 Å². The molecule has 0 spiro atoms. The number of amides is 1. The van der Waals surface area contributed by atoms with Crippen molar-refractivity contribution in [2.24, 2.45) is 5.92 Å². The number of nitrogens with zero attached hydrogens (tertiary/aromatic N) is 2. The third kappa shape index (κ3) is 5.38. The Morgan fingerprint density at radius 1 is 1.15 bits per heavy atom. The van der Waals surface area contributed by atoms with E-state index in [1.807, 2.05) is 0 Å². The van der Waals surface area contributed by atoms with Crippen LogP contribution < -0.4 is 10.6 Å². The number of aromatic nitrogens is 2. The highest BCUT2D eigenvalue weighted by molar-refractivity contribution is 7.90. The van der Waals surface area contributed by atoms with E-state index in [-0.39, 0.29) is 10.8 Å². The van der Waals surface area contributed by atoms with Gasteiger partial charge in [-0.2, -0.15) is 0 Å². The van der Waals surface area contributed by atoms with E-state index in [1.54, 1.807) is 18.2 Å². The van der Waals surface area contributed by atoms with Crippen molar-refractivity contribution in [2.45, 2.75) is 43.4 Å². The Balaban J connectivity index is 1.56. The van der Waals surface area contributed by atoms with Crippen molar-refractivity contribution < 1.29 is 13.2 Å². The molecule has 1 aromatic carbocycles. The minimum absolute atomic E-state index is 0.0932. The fourth-order valence-electron chi connectivity index (χ4n) is 3.52. The van der Waals surface area contributed by atoms with Crippen LogP contribution in [0.3, 0.4) is 0 Å². The minimum Gasteiger partial charge on any atom is -0.368 e. The largest absolute Gasteiger partial charge is 0.368 e. The molecule has 0 unspecified atom stereocenters. The second-order valence-corrected chi connectivity index (χ2v) is 9.17. The van der Waals surface area contributed by atoms with Crippen LogP contribution in [0.15, 0.2) is 29.4 Å². The van der Waals surface area contributed by atoms with Gasteiger partial charge in [0.15, 0.2) is 9.84 Å². The monoisotopic (exact) mass is 390 g/mol. The standard InChI is InChI=1S/C19H26N4O3S/c1-27(25,26)15-7-8-17-16(12-15)19(23-13-22-17)21-10-9-20-18(24)11-14-5-3-2-4-6-14/h7-8,12-14H,2-6,9-11H2,1H3,(H,20,24)(H,21,22,23). The molecule has 2 N–H and O–H groups in total. The lowest BCUT2D eigenvalue weighted by Gasteiger charge is -2.20. The molecule has 7 nitrogen and oxygen atoms in total. The highest BCUT2D eigenvalue weighted by atomic mass is 32.2. The molecule has 0 saturated heterocycles. The quantitative estimate of drug-likeness (QED) is 0.705. The predicted octanol–water partition coefficient (Wildman–Crippen LogP) is 2.53. The number of anilines is 1. The van der Waals surface area contributed by atoms with Gasteiger partial charge >= 0.3 is 0 Å².